The van der Waals surface area contributed by atoms with Gasteiger partial charge in [0.05, 0.1) is 17.9 Å². The first-order chi connectivity index (χ1) is 10.4. The van der Waals surface area contributed by atoms with Gasteiger partial charge in [0.1, 0.15) is 0 Å². The molecule has 1 aromatic rings. The monoisotopic (exact) mass is 305 g/mol. The van der Waals surface area contributed by atoms with E-state index in [0.29, 0.717) is 18.5 Å². The summed E-state index contributed by atoms with van der Waals surface area (Å²) in [6, 6.07) is 6.03. The van der Waals surface area contributed by atoms with Gasteiger partial charge in [-0.25, -0.2) is 4.79 Å². The third kappa shape index (κ3) is 3.55. The van der Waals surface area contributed by atoms with E-state index in [9.17, 15) is 14.4 Å². The van der Waals surface area contributed by atoms with Crippen LogP contribution in [-0.2, 0) is 9.59 Å². The minimum atomic E-state index is -0.916. The van der Waals surface area contributed by atoms with Crippen molar-refractivity contribution >= 4 is 23.6 Å². The predicted octanol–water partition coefficient (Wildman–Crippen LogP) is 1.47. The first kappa shape index (κ1) is 15.8. The molecule has 1 aromatic carbocycles. The highest BCUT2D eigenvalue weighted by molar-refractivity contribution is 5.88. The van der Waals surface area contributed by atoms with Crippen LogP contribution in [0.2, 0.25) is 0 Å². The molecule has 0 heterocycles. The zero-order chi connectivity index (χ0) is 16.3. The van der Waals surface area contributed by atoms with Crippen LogP contribution in [0.3, 0.4) is 0 Å². The van der Waals surface area contributed by atoms with Crippen LogP contribution < -0.4 is 16.4 Å². The van der Waals surface area contributed by atoms with Gasteiger partial charge in [-0.1, -0.05) is 12.1 Å². The fourth-order valence-corrected chi connectivity index (χ4v) is 2.51. The summed E-state index contributed by atoms with van der Waals surface area (Å²) in [5.74, 6) is -2.17. The Hall–Kier alpha value is -2.57. The molecular formula is C15H19N3O4. The van der Waals surface area contributed by atoms with Crippen molar-refractivity contribution in [3.05, 3.63) is 29.8 Å². The molecule has 3 amide bonds. The molecule has 1 aliphatic rings. The van der Waals surface area contributed by atoms with E-state index in [4.69, 9.17) is 10.8 Å². The number of carboxylic acid groups (broad SMARTS) is 1. The number of anilines is 1. The third-order valence-electron chi connectivity index (χ3n) is 3.97. The molecule has 2 rings (SSSR count). The highest BCUT2D eigenvalue weighted by Crippen LogP contribution is 2.35. The molecule has 7 nitrogen and oxygen atoms in total. The number of rotatable bonds is 5. The molecule has 0 spiro atoms. The Labute approximate surface area is 127 Å². The van der Waals surface area contributed by atoms with Crippen LogP contribution in [0.15, 0.2) is 24.3 Å². The van der Waals surface area contributed by atoms with Gasteiger partial charge in [-0.05, 0) is 37.5 Å². The summed E-state index contributed by atoms with van der Waals surface area (Å²) in [6.07, 6.45) is 1.16. The van der Waals surface area contributed by atoms with Crippen molar-refractivity contribution in [2.75, 3.05) is 5.32 Å². The van der Waals surface area contributed by atoms with Gasteiger partial charge in [-0.15, -0.1) is 0 Å². The van der Waals surface area contributed by atoms with E-state index in [0.717, 1.165) is 5.56 Å². The molecule has 118 valence electrons. The SMILES string of the molecule is CC(NC(=O)C1CCC1C(=O)O)c1ccc(NC(N)=O)cc1. The highest BCUT2D eigenvalue weighted by Gasteiger charge is 2.41. The van der Waals surface area contributed by atoms with Gasteiger partial charge in [-0.3, -0.25) is 9.59 Å². The van der Waals surface area contributed by atoms with Crippen LogP contribution in [0, 0.1) is 11.8 Å². The smallest absolute Gasteiger partial charge is 0.316 e. The molecule has 0 aromatic heterocycles. The number of aliphatic carboxylic acids is 1. The second-order valence-corrected chi connectivity index (χ2v) is 5.47. The summed E-state index contributed by atoms with van der Waals surface area (Å²) in [5, 5.41) is 14.3. The molecule has 1 saturated carbocycles. The van der Waals surface area contributed by atoms with Crippen LogP contribution in [0.25, 0.3) is 0 Å². The number of nitrogens with one attached hydrogen (secondary N) is 2. The van der Waals surface area contributed by atoms with Crippen molar-refractivity contribution in [1.82, 2.24) is 5.32 Å². The second kappa shape index (κ2) is 6.46. The van der Waals surface area contributed by atoms with Crippen LogP contribution in [-0.4, -0.2) is 23.0 Å². The quantitative estimate of drug-likeness (QED) is 0.658. The summed E-state index contributed by atoms with van der Waals surface area (Å²) in [4.78, 5) is 33.8. The Morgan fingerprint density at radius 1 is 1.18 bits per heavy atom. The molecule has 0 aliphatic heterocycles. The average Bonchev–Trinajstić information content (AvgIpc) is 2.36. The summed E-state index contributed by atoms with van der Waals surface area (Å²) in [6.45, 7) is 1.82. The Kier molecular flexibility index (Phi) is 4.65. The number of primary amides is 1. The topological polar surface area (TPSA) is 122 Å². The van der Waals surface area contributed by atoms with E-state index in [1.807, 2.05) is 6.92 Å². The fraction of sp³-hybridized carbons (Fsp3) is 0.400. The number of benzene rings is 1. The molecule has 0 saturated heterocycles. The number of carbonyl (C=O) groups is 3. The molecule has 3 atom stereocenters. The van der Waals surface area contributed by atoms with E-state index >= 15 is 0 Å². The zero-order valence-corrected chi connectivity index (χ0v) is 12.2. The number of hydrogen-bond donors (Lipinski definition) is 4. The highest BCUT2D eigenvalue weighted by atomic mass is 16.4. The Morgan fingerprint density at radius 3 is 2.23 bits per heavy atom. The van der Waals surface area contributed by atoms with E-state index < -0.39 is 23.8 Å². The first-order valence-corrected chi connectivity index (χ1v) is 7.08. The Morgan fingerprint density at radius 2 is 1.77 bits per heavy atom. The Bertz CT molecular complexity index is 585. The number of carbonyl (C=O) groups excluding carboxylic acids is 2. The van der Waals surface area contributed by atoms with Crippen molar-refractivity contribution in [2.45, 2.75) is 25.8 Å². The number of hydrogen-bond acceptors (Lipinski definition) is 3. The zero-order valence-electron chi connectivity index (χ0n) is 12.2. The minimum absolute atomic E-state index is 0.231. The van der Waals surface area contributed by atoms with Crippen LogP contribution >= 0.6 is 0 Å². The molecular weight excluding hydrogens is 286 g/mol. The van der Waals surface area contributed by atoms with E-state index in [2.05, 4.69) is 10.6 Å². The maximum atomic E-state index is 12.1. The van der Waals surface area contributed by atoms with Crippen LogP contribution in [0.5, 0.6) is 0 Å². The molecule has 3 unspecified atom stereocenters. The van der Waals surface area contributed by atoms with E-state index in [-0.39, 0.29) is 11.9 Å². The van der Waals surface area contributed by atoms with Crippen LogP contribution in [0.1, 0.15) is 31.4 Å². The molecule has 5 N–H and O–H groups in total. The number of amides is 3. The first-order valence-electron chi connectivity index (χ1n) is 7.08. The van der Waals surface area contributed by atoms with Crippen molar-refractivity contribution in [1.29, 1.82) is 0 Å². The maximum absolute atomic E-state index is 12.1. The standard InChI is InChI=1S/C15H19N3O4/c1-8(9-2-4-10(5-3-9)18-15(16)22)17-13(19)11-6-7-12(11)14(20)21/h2-5,8,11-12H,6-7H2,1H3,(H,17,19)(H,20,21)(H3,16,18,22). The van der Waals surface area contributed by atoms with Gasteiger partial charge in [0.25, 0.3) is 0 Å². The largest absolute Gasteiger partial charge is 0.481 e. The predicted molar refractivity (Wildman–Crippen MR) is 80.1 cm³/mol. The van der Waals surface area contributed by atoms with E-state index in [1.54, 1.807) is 24.3 Å². The van der Waals surface area contributed by atoms with Gasteiger partial charge in [0, 0.05) is 5.69 Å². The lowest BCUT2D eigenvalue weighted by Gasteiger charge is -2.33. The Balaban J connectivity index is 1.94. The van der Waals surface area contributed by atoms with Crippen molar-refractivity contribution in [3.63, 3.8) is 0 Å². The molecule has 1 aliphatic carbocycles. The van der Waals surface area contributed by atoms with Gasteiger partial charge >= 0.3 is 12.0 Å². The number of nitrogens with two attached hydrogens (primary N) is 1. The minimum Gasteiger partial charge on any atom is -0.481 e. The number of urea groups is 1. The average molecular weight is 305 g/mol. The van der Waals surface area contributed by atoms with Crippen molar-refractivity contribution in [2.24, 2.45) is 17.6 Å². The summed E-state index contributed by atoms with van der Waals surface area (Å²) >= 11 is 0. The van der Waals surface area contributed by atoms with Crippen molar-refractivity contribution < 1.29 is 19.5 Å². The molecule has 0 bridgehead atoms. The molecule has 7 heteroatoms. The maximum Gasteiger partial charge on any atom is 0.316 e. The molecule has 1 fully saturated rings. The lowest BCUT2D eigenvalue weighted by molar-refractivity contribution is -0.152. The normalized spacial score (nSPS) is 21.3. The van der Waals surface area contributed by atoms with Gasteiger partial charge in [0.2, 0.25) is 5.91 Å². The second-order valence-electron chi connectivity index (χ2n) is 5.47. The van der Waals surface area contributed by atoms with E-state index in [1.165, 1.54) is 0 Å². The fourth-order valence-electron chi connectivity index (χ4n) is 2.51. The summed E-state index contributed by atoms with van der Waals surface area (Å²) < 4.78 is 0. The molecule has 0 radical (unpaired) electrons. The summed E-state index contributed by atoms with van der Waals surface area (Å²) in [7, 11) is 0. The van der Waals surface area contributed by atoms with Gasteiger partial charge < -0.3 is 21.5 Å². The van der Waals surface area contributed by atoms with Crippen molar-refractivity contribution in [3.8, 4) is 0 Å². The molecule has 22 heavy (non-hydrogen) atoms. The van der Waals surface area contributed by atoms with Crippen LogP contribution in [0.4, 0.5) is 10.5 Å². The van der Waals surface area contributed by atoms with Gasteiger partial charge in [0.15, 0.2) is 0 Å². The lowest BCUT2D eigenvalue weighted by atomic mass is 9.73. The lowest BCUT2D eigenvalue weighted by Crippen LogP contribution is -2.44. The third-order valence-corrected chi connectivity index (χ3v) is 3.97. The summed E-state index contributed by atoms with van der Waals surface area (Å²) in [5.41, 5.74) is 6.45. The van der Waals surface area contributed by atoms with Gasteiger partial charge in [-0.2, -0.15) is 0 Å². The number of carboxylic acids is 1.